The Kier molecular flexibility index (Phi) is 5.24. The summed E-state index contributed by atoms with van der Waals surface area (Å²) in [4.78, 5) is 12.7. The number of hydrogen-bond donors (Lipinski definition) is 1. The predicted octanol–water partition coefficient (Wildman–Crippen LogP) is 3.90. The first-order chi connectivity index (χ1) is 9.44. The summed E-state index contributed by atoms with van der Waals surface area (Å²) in [7, 11) is 1.38. The van der Waals surface area contributed by atoms with E-state index in [1.165, 1.54) is 7.11 Å². The quantitative estimate of drug-likeness (QED) is 0.852. The Morgan fingerprint density at radius 2 is 2.25 bits per heavy atom. The van der Waals surface area contributed by atoms with Crippen LogP contribution in [0.4, 0.5) is 0 Å². The van der Waals surface area contributed by atoms with Crippen molar-refractivity contribution in [1.82, 2.24) is 0 Å². The summed E-state index contributed by atoms with van der Waals surface area (Å²) >= 11 is 13.8. The van der Waals surface area contributed by atoms with Gasteiger partial charge < -0.3 is 10.5 Å². The number of benzene rings is 1. The molecule has 2 rings (SSSR count). The number of ether oxygens (including phenoxy) is 1. The van der Waals surface area contributed by atoms with Gasteiger partial charge in [0, 0.05) is 15.2 Å². The molecular weight excluding hydrogens is 317 g/mol. The molecule has 0 radical (unpaired) electrons. The number of thioether (sulfide) groups is 1. The predicted molar refractivity (Wildman–Crippen MR) is 83.5 cm³/mol. The third-order valence-electron chi connectivity index (χ3n) is 3.52. The summed E-state index contributed by atoms with van der Waals surface area (Å²) in [6, 6.07) is 5.39. The zero-order valence-electron chi connectivity index (χ0n) is 11.2. The zero-order chi connectivity index (χ0) is 14.8. The van der Waals surface area contributed by atoms with Crippen LogP contribution in [0.2, 0.25) is 10.0 Å². The van der Waals surface area contributed by atoms with E-state index >= 15 is 0 Å². The molecular formula is C14H17Cl2NO2S. The van der Waals surface area contributed by atoms with E-state index < -0.39 is 5.54 Å². The highest BCUT2D eigenvalue weighted by Crippen LogP contribution is 2.40. The van der Waals surface area contributed by atoms with E-state index in [0.29, 0.717) is 22.9 Å². The fourth-order valence-corrected chi connectivity index (χ4v) is 4.38. The van der Waals surface area contributed by atoms with E-state index in [0.717, 1.165) is 17.7 Å². The fraction of sp³-hybridized carbons (Fsp3) is 0.500. The highest BCUT2D eigenvalue weighted by atomic mass is 35.5. The number of methoxy groups -OCH3 is 1. The van der Waals surface area contributed by atoms with Gasteiger partial charge in [0.15, 0.2) is 0 Å². The molecule has 2 N–H and O–H groups in total. The van der Waals surface area contributed by atoms with Gasteiger partial charge in [0.25, 0.3) is 0 Å². The van der Waals surface area contributed by atoms with E-state index in [9.17, 15) is 4.79 Å². The topological polar surface area (TPSA) is 52.3 Å². The first-order valence-electron chi connectivity index (χ1n) is 6.43. The van der Waals surface area contributed by atoms with Gasteiger partial charge >= 0.3 is 5.97 Å². The van der Waals surface area contributed by atoms with Crippen molar-refractivity contribution in [3.63, 3.8) is 0 Å². The summed E-state index contributed by atoms with van der Waals surface area (Å²) in [5.74, 6) is -0.333. The van der Waals surface area contributed by atoms with Gasteiger partial charge in [-0.1, -0.05) is 23.2 Å². The Morgan fingerprint density at radius 1 is 1.50 bits per heavy atom. The summed E-state index contributed by atoms with van der Waals surface area (Å²) in [6.07, 6.45) is 3.16. The van der Waals surface area contributed by atoms with Crippen molar-refractivity contribution in [3.05, 3.63) is 28.2 Å². The Morgan fingerprint density at radius 3 is 2.95 bits per heavy atom. The minimum atomic E-state index is -0.879. The molecule has 1 saturated carbocycles. The van der Waals surface area contributed by atoms with Crippen LogP contribution in [0.1, 0.15) is 25.7 Å². The van der Waals surface area contributed by atoms with Crippen LogP contribution >= 0.6 is 35.0 Å². The van der Waals surface area contributed by atoms with Crippen LogP contribution in [0.15, 0.2) is 23.1 Å². The van der Waals surface area contributed by atoms with Crippen molar-refractivity contribution >= 4 is 40.9 Å². The lowest BCUT2D eigenvalue weighted by atomic mass is 9.82. The number of rotatable bonds is 3. The Bertz CT molecular complexity index is 512. The molecule has 6 heteroatoms. The molecule has 20 heavy (non-hydrogen) atoms. The van der Waals surface area contributed by atoms with Gasteiger partial charge in [0.05, 0.1) is 12.1 Å². The molecule has 0 aliphatic heterocycles. The molecule has 1 aromatic rings. The van der Waals surface area contributed by atoms with Gasteiger partial charge in [0.1, 0.15) is 5.54 Å². The molecule has 1 aliphatic carbocycles. The molecule has 0 bridgehead atoms. The Balaban J connectivity index is 2.10. The third-order valence-corrected chi connectivity index (χ3v) is 5.52. The summed E-state index contributed by atoms with van der Waals surface area (Å²) < 4.78 is 4.81. The molecule has 1 fully saturated rings. The average molecular weight is 334 g/mol. The maximum absolute atomic E-state index is 11.8. The molecule has 0 heterocycles. The molecule has 2 atom stereocenters. The number of esters is 1. The van der Waals surface area contributed by atoms with Gasteiger partial charge in [-0.3, -0.25) is 4.79 Å². The van der Waals surface area contributed by atoms with Gasteiger partial charge in [-0.2, -0.15) is 0 Å². The van der Waals surface area contributed by atoms with Crippen molar-refractivity contribution < 1.29 is 9.53 Å². The number of nitrogens with two attached hydrogens (primary N) is 1. The van der Waals surface area contributed by atoms with Crippen molar-refractivity contribution in [2.75, 3.05) is 7.11 Å². The standard InChI is InChI=1S/C14H17Cl2NO2S/c1-19-13(18)14(17)6-2-3-10(8-14)20-12-7-9(15)4-5-11(12)16/h4-5,7,10H,2-3,6,8,17H2,1H3. The second-order valence-electron chi connectivity index (χ2n) is 5.06. The summed E-state index contributed by atoms with van der Waals surface area (Å²) in [6.45, 7) is 0. The molecule has 2 unspecified atom stereocenters. The maximum atomic E-state index is 11.8. The first-order valence-corrected chi connectivity index (χ1v) is 8.07. The van der Waals surface area contributed by atoms with Crippen molar-refractivity contribution in [1.29, 1.82) is 0 Å². The normalized spacial score (nSPS) is 26.3. The van der Waals surface area contributed by atoms with E-state index in [2.05, 4.69) is 0 Å². The monoisotopic (exact) mass is 333 g/mol. The number of hydrogen-bond acceptors (Lipinski definition) is 4. The van der Waals surface area contributed by atoms with E-state index in [4.69, 9.17) is 33.7 Å². The molecule has 0 amide bonds. The SMILES string of the molecule is COC(=O)C1(N)CCCC(Sc2cc(Cl)ccc2Cl)C1. The van der Waals surface area contributed by atoms with Crippen LogP contribution < -0.4 is 5.73 Å². The van der Waals surface area contributed by atoms with Crippen LogP contribution in [0.5, 0.6) is 0 Å². The minimum absolute atomic E-state index is 0.240. The van der Waals surface area contributed by atoms with Crippen molar-refractivity contribution in [2.45, 2.75) is 41.4 Å². The van der Waals surface area contributed by atoms with E-state index in [1.54, 1.807) is 23.9 Å². The lowest BCUT2D eigenvalue weighted by Gasteiger charge is -2.35. The largest absolute Gasteiger partial charge is 0.468 e. The molecule has 1 aliphatic rings. The van der Waals surface area contributed by atoms with E-state index in [1.807, 2.05) is 6.07 Å². The van der Waals surface area contributed by atoms with Crippen LogP contribution in [0.3, 0.4) is 0 Å². The maximum Gasteiger partial charge on any atom is 0.325 e. The van der Waals surface area contributed by atoms with Crippen molar-refractivity contribution in [2.24, 2.45) is 5.73 Å². The highest BCUT2D eigenvalue weighted by Gasteiger charge is 2.40. The third kappa shape index (κ3) is 3.61. The first kappa shape index (κ1) is 16.0. The smallest absolute Gasteiger partial charge is 0.325 e. The van der Waals surface area contributed by atoms with Gasteiger partial charge in [-0.25, -0.2) is 0 Å². The second kappa shape index (κ2) is 6.56. The van der Waals surface area contributed by atoms with E-state index in [-0.39, 0.29) is 11.2 Å². The Labute approximate surface area is 133 Å². The molecule has 3 nitrogen and oxygen atoms in total. The molecule has 110 valence electrons. The molecule has 1 aromatic carbocycles. The number of carbonyl (C=O) groups excluding carboxylic acids is 1. The lowest BCUT2D eigenvalue weighted by molar-refractivity contribution is -0.148. The van der Waals surface area contributed by atoms with Crippen LogP contribution in [0, 0.1) is 0 Å². The lowest BCUT2D eigenvalue weighted by Crippen LogP contribution is -2.52. The second-order valence-corrected chi connectivity index (χ2v) is 7.24. The molecule has 0 aromatic heterocycles. The molecule has 0 spiro atoms. The van der Waals surface area contributed by atoms with Gasteiger partial charge in [0.2, 0.25) is 0 Å². The zero-order valence-corrected chi connectivity index (χ0v) is 13.5. The summed E-state index contributed by atoms with van der Waals surface area (Å²) in [5, 5.41) is 1.56. The highest BCUT2D eigenvalue weighted by molar-refractivity contribution is 8.00. The minimum Gasteiger partial charge on any atom is -0.468 e. The molecule has 0 saturated heterocycles. The van der Waals surface area contributed by atoms with Gasteiger partial charge in [-0.15, -0.1) is 11.8 Å². The fourth-order valence-electron chi connectivity index (χ4n) is 2.49. The van der Waals surface area contributed by atoms with Crippen molar-refractivity contribution in [3.8, 4) is 0 Å². The summed E-state index contributed by atoms with van der Waals surface area (Å²) in [5.41, 5.74) is 5.30. The van der Waals surface area contributed by atoms with Crippen LogP contribution in [-0.4, -0.2) is 23.9 Å². The average Bonchev–Trinajstić information content (AvgIpc) is 2.42. The Hall–Kier alpha value is -0.420. The van der Waals surface area contributed by atoms with Crippen LogP contribution in [-0.2, 0) is 9.53 Å². The van der Waals surface area contributed by atoms with Gasteiger partial charge in [-0.05, 0) is 43.9 Å². The number of halogens is 2. The van der Waals surface area contributed by atoms with Crippen LogP contribution in [0.25, 0.3) is 0 Å². The number of carbonyl (C=O) groups is 1.